The van der Waals surface area contributed by atoms with Crippen molar-refractivity contribution >= 4 is 11.8 Å². The predicted octanol–water partition coefficient (Wildman–Crippen LogP) is 0.156. The van der Waals surface area contributed by atoms with Crippen LogP contribution in [0.1, 0.15) is 12.8 Å². The SMILES string of the molecule is N#CCCC12C=CC(=C3C(=O)NC(=O)C31)O2. The Labute approximate surface area is 91.4 Å². The third-order valence-corrected chi connectivity index (χ3v) is 3.23. The number of carbonyl (C=O) groups excluding carboxylic acids is 2. The average Bonchev–Trinajstić information content (AvgIpc) is 2.88. The van der Waals surface area contributed by atoms with Crippen LogP contribution in [0, 0.1) is 17.2 Å². The lowest BCUT2D eigenvalue weighted by Gasteiger charge is -2.26. The van der Waals surface area contributed by atoms with Crippen LogP contribution in [0.3, 0.4) is 0 Å². The van der Waals surface area contributed by atoms with E-state index in [-0.39, 0.29) is 11.8 Å². The number of allylic oxidation sites excluding steroid dienone is 1. The highest BCUT2D eigenvalue weighted by Gasteiger charge is 2.59. The topological polar surface area (TPSA) is 79.2 Å². The van der Waals surface area contributed by atoms with Crippen LogP contribution in [-0.4, -0.2) is 17.4 Å². The maximum Gasteiger partial charge on any atom is 0.258 e. The van der Waals surface area contributed by atoms with Crippen molar-refractivity contribution in [3.63, 3.8) is 0 Å². The van der Waals surface area contributed by atoms with E-state index in [1.54, 1.807) is 12.2 Å². The first kappa shape index (κ1) is 9.16. The number of amides is 2. The maximum atomic E-state index is 11.7. The third-order valence-electron chi connectivity index (χ3n) is 3.23. The summed E-state index contributed by atoms with van der Waals surface area (Å²) < 4.78 is 5.61. The third kappa shape index (κ3) is 0.890. The summed E-state index contributed by atoms with van der Waals surface area (Å²) in [6, 6.07) is 2.03. The molecule has 80 valence electrons. The molecule has 2 atom stereocenters. The molecule has 0 aromatic rings. The Morgan fingerprint density at radius 1 is 1.56 bits per heavy atom. The molecular weight excluding hydrogens is 208 g/mol. The Hall–Kier alpha value is -2.09. The first-order chi connectivity index (χ1) is 7.68. The fraction of sp³-hybridized carbons (Fsp3) is 0.364. The fourth-order valence-electron chi connectivity index (χ4n) is 2.55. The molecule has 16 heavy (non-hydrogen) atoms. The molecule has 0 aromatic carbocycles. The lowest BCUT2D eigenvalue weighted by Crippen LogP contribution is -2.39. The summed E-state index contributed by atoms with van der Waals surface area (Å²) >= 11 is 0. The van der Waals surface area contributed by atoms with Crippen LogP contribution in [0.2, 0.25) is 0 Å². The quantitative estimate of drug-likeness (QED) is 0.666. The Bertz CT molecular complexity index is 512. The molecule has 5 nitrogen and oxygen atoms in total. The first-order valence-corrected chi connectivity index (χ1v) is 5.02. The normalized spacial score (nSPS) is 33.8. The van der Waals surface area contributed by atoms with Crippen molar-refractivity contribution < 1.29 is 14.3 Å². The second-order valence-corrected chi connectivity index (χ2v) is 4.08. The summed E-state index contributed by atoms with van der Waals surface area (Å²) in [6.07, 6.45) is 4.22. The molecule has 3 aliphatic heterocycles. The Balaban J connectivity index is 2.03. The van der Waals surface area contributed by atoms with Gasteiger partial charge in [-0.05, 0) is 12.2 Å². The van der Waals surface area contributed by atoms with Gasteiger partial charge in [-0.15, -0.1) is 0 Å². The van der Waals surface area contributed by atoms with Gasteiger partial charge in [-0.2, -0.15) is 5.26 Å². The van der Waals surface area contributed by atoms with Crippen LogP contribution in [0.25, 0.3) is 0 Å². The number of fused-ring (bicyclic) bond motifs is 4. The maximum absolute atomic E-state index is 11.7. The van der Waals surface area contributed by atoms with Gasteiger partial charge in [-0.1, -0.05) is 0 Å². The van der Waals surface area contributed by atoms with E-state index in [1.165, 1.54) is 0 Å². The van der Waals surface area contributed by atoms with Gasteiger partial charge in [-0.3, -0.25) is 14.9 Å². The molecule has 2 amide bonds. The molecule has 0 aromatic heterocycles. The van der Waals surface area contributed by atoms with E-state index < -0.39 is 11.5 Å². The van der Waals surface area contributed by atoms with Gasteiger partial charge >= 0.3 is 0 Å². The van der Waals surface area contributed by atoms with Crippen molar-refractivity contribution in [1.82, 2.24) is 5.32 Å². The number of nitrogens with zero attached hydrogens (tertiary/aromatic N) is 1. The van der Waals surface area contributed by atoms with Crippen LogP contribution in [-0.2, 0) is 14.3 Å². The highest BCUT2D eigenvalue weighted by atomic mass is 16.5. The van der Waals surface area contributed by atoms with Gasteiger partial charge in [0.05, 0.1) is 11.6 Å². The summed E-state index contributed by atoms with van der Waals surface area (Å²) in [5.41, 5.74) is -0.373. The molecule has 3 heterocycles. The van der Waals surface area contributed by atoms with Crippen molar-refractivity contribution in [3.05, 3.63) is 23.5 Å². The van der Waals surface area contributed by atoms with E-state index in [1.807, 2.05) is 6.07 Å². The largest absolute Gasteiger partial charge is 0.481 e. The number of nitriles is 1. The summed E-state index contributed by atoms with van der Waals surface area (Å²) in [5.74, 6) is -0.773. The average molecular weight is 216 g/mol. The summed E-state index contributed by atoms with van der Waals surface area (Å²) in [6.45, 7) is 0. The molecular formula is C11H8N2O3. The summed E-state index contributed by atoms with van der Waals surface area (Å²) in [4.78, 5) is 23.2. The van der Waals surface area contributed by atoms with Gasteiger partial charge in [0.2, 0.25) is 5.91 Å². The van der Waals surface area contributed by atoms with E-state index in [0.717, 1.165) is 0 Å². The van der Waals surface area contributed by atoms with E-state index in [2.05, 4.69) is 5.32 Å². The van der Waals surface area contributed by atoms with Crippen molar-refractivity contribution in [2.45, 2.75) is 18.4 Å². The van der Waals surface area contributed by atoms with Gasteiger partial charge in [0.25, 0.3) is 5.91 Å². The van der Waals surface area contributed by atoms with E-state index in [4.69, 9.17) is 10.00 Å². The van der Waals surface area contributed by atoms with Gasteiger partial charge < -0.3 is 4.74 Å². The van der Waals surface area contributed by atoms with Crippen LogP contribution in [0.15, 0.2) is 23.5 Å². The zero-order chi connectivity index (χ0) is 11.3. The Kier molecular flexibility index (Phi) is 1.56. The zero-order valence-electron chi connectivity index (χ0n) is 8.32. The number of imide groups is 1. The summed E-state index contributed by atoms with van der Waals surface area (Å²) in [7, 11) is 0. The van der Waals surface area contributed by atoms with Crippen LogP contribution in [0.4, 0.5) is 0 Å². The number of hydrogen-bond acceptors (Lipinski definition) is 4. The number of hydrogen-bond donors (Lipinski definition) is 1. The van der Waals surface area contributed by atoms with Crippen molar-refractivity contribution in [2.24, 2.45) is 5.92 Å². The van der Waals surface area contributed by atoms with Crippen LogP contribution >= 0.6 is 0 Å². The fourth-order valence-corrected chi connectivity index (χ4v) is 2.55. The molecule has 2 unspecified atom stereocenters. The van der Waals surface area contributed by atoms with Crippen molar-refractivity contribution in [1.29, 1.82) is 5.26 Å². The number of carbonyl (C=O) groups is 2. The molecule has 3 rings (SSSR count). The van der Waals surface area contributed by atoms with Gasteiger partial charge in [0, 0.05) is 12.8 Å². The second kappa shape index (κ2) is 2.73. The first-order valence-electron chi connectivity index (χ1n) is 5.02. The van der Waals surface area contributed by atoms with E-state index in [9.17, 15) is 9.59 Å². The summed E-state index contributed by atoms with van der Waals surface area (Å²) in [5, 5.41) is 10.9. The number of ether oxygens (including phenoxy) is 1. The standard InChI is InChI=1S/C11H8N2O3/c12-5-1-3-11-4-2-6(16-11)7-8(11)10(15)13-9(7)14/h2,4,8H,1,3H2,(H,13,14,15). The van der Waals surface area contributed by atoms with Gasteiger partial charge in [0.15, 0.2) is 0 Å². The monoisotopic (exact) mass is 216 g/mol. The molecule has 0 spiro atoms. The molecule has 5 heteroatoms. The van der Waals surface area contributed by atoms with Gasteiger partial charge in [-0.25, -0.2) is 0 Å². The second-order valence-electron chi connectivity index (χ2n) is 4.08. The van der Waals surface area contributed by atoms with Crippen LogP contribution < -0.4 is 5.32 Å². The molecule has 3 aliphatic rings. The minimum absolute atomic E-state index is 0.295. The minimum atomic E-state index is -0.795. The molecule has 2 bridgehead atoms. The predicted molar refractivity (Wildman–Crippen MR) is 51.5 cm³/mol. The lowest BCUT2D eigenvalue weighted by atomic mass is 9.79. The molecule has 1 saturated heterocycles. The highest BCUT2D eigenvalue weighted by Crippen LogP contribution is 2.50. The molecule has 1 N–H and O–H groups in total. The smallest absolute Gasteiger partial charge is 0.258 e. The van der Waals surface area contributed by atoms with E-state index >= 15 is 0 Å². The highest BCUT2D eigenvalue weighted by molar-refractivity contribution is 6.17. The number of nitrogens with one attached hydrogen (secondary N) is 1. The lowest BCUT2D eigenvalue weighted by molar-refractivity contribution is -0.128. The Morgan fingerprint density at radius 2 is 2.38 bits per heavy atom. The molecule has 1 fully saturated rings. The van der Waals surface area contributed by atoms with Crippen molar-refractivity contribution in [2.75, 3.05) is 0 Å². The van der Waals surface area contributed by atoms with Crippen molar-refractivity contribution in [3.8, 4) is 6.07 Å². The minimum Gasteiger partial charge on any atom is -0.481 e. The molecule has 0 saturated carbocycles. The number of rotatable bonds is 2. The van der Waals surface area contributed by atoms with Crippen LogP contribution in [0.5, 0.6) is 0 Å². The van der Waals surface area contributed by atoms with Gasteiger partial charge in [0.1, 0.15) is 17.3 Å². The molecule has 0 aliphatic carbocycles. The van der Waals surface area contributed by atoms with E-state index in [0.29, 0.717) is 24.2 Å². The molecule has 0 radical (unpaired) electrons. The Morgan fingerprint density at radius 3 is 3.12 bits per heavy atom. The zero-order valence-corrected chi connectivity index (χ0v) is 8.32.